The van der Waals surface area contributed by atoms with Crippen LogP contribution in [0.15, 0.2) is 18.2 Å². The molecule has 1 unspecified atom stereocenters. The Morgan fingerprint density at radius 3 is 2.76 bits per heavy atom. The van der Waals surface area contributed by atoms with E-state index in [2.05, 4.69) is 0 Å². The van der Waals surface area contributed by atoms with Crippen molar-refractivity contribution >= 4 is 23.5 Å². The van der Waals surface area contributed by atoms with Gasteiger partial charge in [-0.25, -0.2) is 0 Å². The Morgan fingerprint density at radius 2 is 2.14 bits per heavy atom. The lowest BCUT2D eigenvalue weighted by Gasteiger charge is -2.41. The summed E-state index contributed by atoms with van der Waals surface area (Å²) in [7, 11) is 0. The van der Waals surface area contributed by atoms with E-state index in [1.807, 2.05) is 13.0 Å². The largest absolute Gasteiger partial charge is 0.482 e. The molecule has 114 valence electrons. The van der Waals surface area contributed by atoms with Crippen molar-refractivity contribution < 1.29 is 19.4 Å². The van der Waals surface area contributed by atoms with Crippen molar-refractivity contribution in [3.05, 3.63) is 28.8 Å². The normalized spacial score (nSPS) is 16.2. The summed E-state index contributed by atoms with van der Waals surface area (Å²) in [5.41, 5.74) is 1.00. The van der Waals surface area contributed by atoms with Gasteiger partial charge in [0.1, 0.15) is 5.75 Å². The van der Waals surface area contributed by atoms with Crippen LogP contribution in [0.25, 0.3) is 0 Å². The van der Waals surface area contributed by atoms with E-state index in [-0.39, 0.29) is 18.4 Å². The summed E-state index contributed by atoms with van der Waals surface area (Å²) >= 11 is 5.99. The first-order chi connectivity index (χ1) is 9.88. The zero-order valence-electron chi connectivity index (χ0n) is 12.0. The Hall–Kier alpha value is -1.75. The van der Waals surface area contributed by atoms with E-state index in [4.69, 9.17) is 21.4 Å². The van der Waals surface area contributed by atoms with E-state index < -0.39 is 11.9 Å². The third-order valence-corrected chi connectivity index (χ3v) is 4.11. The summed E-state index contributed by atoms with van der Waals surface area (Å²) in [4.78, 5) is 24.4. The number of aryl methyl sites for hydroxylation is 1. The van der Waals surface area contributed by atoms with Crippen molar-refractivity contribution in [3.8, 4) is 5.75 Å². The zero-order chi connectivity index (χ0) is 15.6. The van der Waals surface area contributed by atoms with Gasteiger partial charge in [0.15, 0.2) is 6.61 Å². The smallest absolute Gasteiger partial charge is 0.306 e. The van der Waals surface area contributed by atoms with Gasteiger partial charge >= 0.3 is 5.97 Å². The average molecular weight is 312 g/mol. The number of amides is 1. The van der Waals surface area contributed by atoms with Gasteiger partial charge in [-0.05, 0) is 24.6 Å². The van der Waals surface area contributed by atoms with Crippen LogP contribution in [-0.2, 0) is 9.59 Å². The first-order valence-corrected chi connectivity index (χ1v) is 7.16. The summed E-state index contributed by atoms with van der Waals surface area (Å²) in [5, 5.41) is 9.38. The van der Waals surface area contributed by atoms with Crippen LogP contribution in [-0.4, -0.2) is 41.6 Å². The number of aliphatic carboxylic acids is 1. The molecule has 1 fully saturated rings. The Labute approximate surface area is 128 Å². The monoisotopic (exact) mass is 311 g/mol. The molecule has 2 rings (SSSR count). The predicted molar refractivity (Wildman–Crippen MR) is 78.6 cm³/mol. The number of hydrogen-bond donors (Lipinski definition) is 1. The molecule has 1 aliphatic rings. The molecule has 0 aliphatic carbocycles. The summed E-state index contributed by atoms with van der Waals surface area (Å²) in [6.45, 7) is 4.43. The first kappa shape index (κ1) is 15.6. The summed E-state index contributed by atoms with van der Waals surface area (Å²) in [5.74, 6) is -0.896. The van der Waals surface area contributed by atoms with Crippen LogP contribution in [0.3, 0.4) is 0 Å². The standard InChI is InChI=1S/C15H18ClNO4/c1-9-3-4-12(16)13(5-9)21-8-14(18)17-6-11(7-17)10(2)15(19)20/h3-5,10-11H,6-8H2,1-2H3,(H,19,20). The molecule has 1 atom stereocenters. The Balaban J connectivity index is 1.82. The lowest BCUT2D eigenvalue weighted by atomic mass is 9.87. The van der Waals surface area contributed by atoms with Crippen LogP contribution < -0.4 is 4.74 Å². The highest BCUT2D eigenvalue weighted by molar-refractivity contribution is 6.32. The van der Waals surface area contributed by atoms with Crippen molar-refractivity contribution in [1.29, 1.82) is 0 Å². The number of carboxylic acids is 1. The molecule has 1 aromatic rings. The van der Waals surface area contributed by atoms with E-state index in [1.165, 1.54) is 0 Å². The molecular formula is C15H18ClNO4. The van der Waals surface area contributed by atoms with E-state index in [0.717, 1.165) is 5.56 Å². The number of halogens is 1. The van der Waals surface area contributed by atoms with Crippen molar-refractivity contribution in [2.45, 2.75) is 13.8 Å². The number of benzene rings is 1. The zero-order valence-corrected chi connectivity index (χ0v) is 12.8. The Bertz CT molecular complexity index is 555. The first-order valence-electron chi connectivity index (χ1n) is 6.78. The summed E-state index contributed by atoms with van der Waals surface area (Å²) in [6, 6.07) is 5.37. The number of nitrogens with zero attached hydrogens (tertiary/aromatic N) is 1. The highest BCUT2D eigenvalue weighted by atomic mass is 35.5. The second kappa shape index (κ2) is 6.35. The highest BCUT2D eigenvalue weighted by Gasteiger charge is 2.37. The number of likely N-dealkylation sites (tertiary alicyclic amines) is 1. The van der Waals surface area contributed by atoms with Gasteiger partial charge in [-0.1, -0.05) is 24.6 Å². The minimum atomic E-state index is -0.824. The fourth-order valence-corrected chi connectivity index (χ4v) is 2.36. The predicted octanol–water partition coefficient (Wildman–Crippen LogP) is 2.21. The molecule has 0 bridgehead atoms. The van der Waals surface area contributed by atoms with E-state index in [9.17, 15) is 9.59 Å². The fourth-order valence-electron chi connectivity index (χ4n) is 2.19. The van der Waals surface area contributed by atoms with Crippen LogP contribution in [0.2, 0.25) is 5.02 Å². The maximum atomic E-state index is 11.9. The molecule has 5 nitrogen and oxygen atoms in total. The molecule has 1 heterocycles. The van der Waals surface area contributed by atoms with Crippen LogP contribution in [0.1, 0.15) is 12.5 Å². The van der Waals surface area contributed by atoms with Gasteiger partial charge in [-0.15, -0.1) is 0 Å². The number of carbonyl (C=O) groups excluding carboxylic acids is 1. The van der Waals surface area contributed by atoms with Gasteiger partial charge in [0.2, 0.25) is 0 Å². The van der Waals surface area contributed by atoms with Crippen LogP contribution in [0.4, 0.5) is 0 Å². The van der Waals surface area contributed by atoms with Gasteiger partial charge in [-0.2, -0.15) is 0 Å². The van der Waals surface area contributed by atoms with Crippen molar-refractivity contribution in [2.75, 3.05) is 19.7 Å². The van der Waals surface area contributed by atoms with Gasteiger partial charge in [0.05, 0.1) is 10.9 Å². The van der Waals surface area contributed by atoms with Crippen LogP contribution >= 0.6 is 11.6 Å². The molecule has 1 saturated heterocycles. The fraction of sp³-hybridized carbons (Fsp3) is 0.467. The van der Waals surface area contributed by atoms with Gasteiger partial charge in [0, 0.05) is 19.0 Å². The number of hydrogen-bond acceptors (Lipinski definition) is 3. The van der Waals surface area contributed by atoms with Crippen LogP contribution in [0.5, 0.6) is 5.75 Å². The molecule has 0 spiro atoms. The number of rotatable bonds is 5. The van der Waals surface area contributed by atoms with Crippen LogP contribution in [0, 0.1) is 18.8 Å². The van der Waals surface area contributed by atoms with Gasteiger partial charge in [-0.3, -0.25) is 9.59 Å². The molecule has 1 N–H and O–H groups in total. The third-order valence-electron chi connectivity index (χ3n) is 3.80. The summed E-state index contributed by atoms with van der Waals surface area (Å²) in [6.07, 6.45) is 0. The molecule has 1 amide bonds. The number of carbonyl (C=O) groups is 2. The minimum Gasteiger partial charge on any atom is -0.482 e. The molecule has 21 heavy (non-hydrogen) atoms. The Morgan fingerprint density at radius 1 is 1.48 bits per heavy atom. The van der Waals surface area contributed by atoms with Crippen molar-refractivity contribution in [1.82, 2.24) is 4.90 Å². The van der Waals surface area contributed by atoms with Gasteiger partial charge in [0.25, 0.3) is 5.91 Å². The second-order valence-corrected chi connectivity index (χ2v) is 5.82. The maximum Gasteiger partial charge on any atom is 0.306 e. The molecular weight excluding hydrogens is 294 g/mol. The molecule has 0 aromatic heterocycles. The number of ether oxygens (including phenoxy) is 1. The van der Waals surface area contributed by atoms with E-state index >= 15 is 0 Å². The maximum absolute atomic E-state index is 11.9. The molecule has 1 aliphatic heterocycles. The molecule has 0 radical (unpaired) electrons. The highest BCUT2D eigenvalue weighted by Crippen LogP contribution is 2.27. The topological polar surface area (TPSA) is 66.8 Å². The molecule has 1 aromatic carbocycles. The quantitative estimate of drug-likeness (QED) is 0.905. The second-order valence-electron chi connectivity index (χ2n) is 5.41. The van der Waals surface area contributed by atoms with Gasteiger partial charge < -0.3 is 14.7 Å². The van der Waals surface area contributed by atoms with E-state index in [1.54, 1.807) is 24.0 Å². The summed E-state index contributed by atoms with van der Waals surface area (Å²) < 4.78 is 5.44. The SMILES string of the molecule is Cc1ccc(Cl)c(OCC(=O)N2CC(C(C)C(=O)O)C2)c1. The lowest BCUT2D eigenvalue weighted by molar-refractivity contribution is -0.151. The molecule has 0 saturated carbocycles. The lowest BCUT2D eigenvalue weighted by Crippen LogP contribution is -2.54. The molecule has 6 heteroatoms. The third kappa shape index (κ3) is 3.67. The van der Waals surface area contributed by atoms with Crippen molar-refractivity contribution in [2.24, 2.45) is 11.8 Å². The van der Waals surface area contributed by atoms with Crippen molar-refractivity contribution in [3.63, 3.8) is 0 Å². The minimum absolute atomic E-state index is 0.0222. The Kier molecular flexibility index (Phi) is 4.73. The number of carboxylic acid groups (broad SMARTS) is 1. The average Bonchev–Trinajstić information content (AvgIpc) is 2.37. The van der Waals surface area contributed by atoms with E-state index in [0.29, 0.717) is 23.9 Å².